The third-order valence-corrected chi connectivity index (χ3v) is 4.69. The summed E-state index contributed by atoms with van der Waals surface area (Å²) in [6.45, 7) is 5.23. The molecule has 4 nitrogen and oxygen atoms in total. The third kappa shape index (κ3) is 3.43. The van der Waals surface area contributed by atoms with Gasteiger partial charge in [0.2, 0.25) is 0 Å². The average Bonchev–Trinajstić information content (AvgIpc) is 2.95. The molecule has 2 heterocycles. The summed E-state index contributed by atoms with van der Waals surface area (Å²) in [5.41, 5.74) is 5.98. The molecule has 2 aliphatic rings. The van der Waals surface area contributed by atoms with E-state index >= 15 is 0 Å². The molecule has 0 bridgehead atoms. The van der Waals surface area contributed by atoms with Crippen LogP contribution >= 0.6 is 0 Å². The van der Waals surface area contributed by atoms with Crippen LogP contribution in [0, 0.1) is 5.92 Å². The van der Waals surface area contributed by atoms with Crippen molar-refractivity contribution in [2.24, 2.45) is 11.0 Å². The molecule has 1 fully saturated rings. The minimum atomic E-state index is 0.312. The van der Waals surface area contributed by atoms with Gasteiger partial charge in [0, 0.05) is 31.1 Å². The van der Waals surface area contributed by atoms with E-state index in [1.165, 1.54) is 24.1 Å². The largest absolute Gasteiger partial charge is 0.494 e. The summed E-state index contributed by atoms with van der Waals surface area (Å²) in [5, 5.41) is 4.55. The number of benzene rings is 1. The average molecular weight is 301 g/mol. The summed E-state index contributed by atoms with van der Waals surface area (Å²) in [6.07, 6.45) is 4.69. The minimum absolute atomic E-state index is 0.312. The molecule has 1 aromatic carbocycles. The van der Waals surface area contributed by atoms with E-state index in [4.69, 9.17) is 4.74 Å². The van der Waals surface area contributed by atoms with Crippen molar-refractivity contribution in [3.8, 4) is 5.75 Å². The van der Waals surface area contributed by atoms with Crippen molar-refractivity contribution in [3.05, 3.63) is 29.8 Å². The van der Waals surface area contributed by atoms with Gasteiger partial charge in [0.1, 0.15) is 5.75 Å². The van der Waals surface area contributed by atoms with Gasteiger partial charge in [-0.15, -0.1) is 0 Å². The number of ether oxygens (including phenoxy) is 1. The number of nitrogens with zero attached hydrogens (tertiary/aromatic N) is 2. The van der Waals surface area contributed by atoms with Crippen molar-refractivity contribution >= 4 is 5.71 Å². The Labute approximate surface area is 133 Å². The van der Waals surface area contributed by atoms with E-state index in [1.54, 1.807) is 0 Å². The highest BCUT2D eigenvalue weighted by atomic mass is 16.5. The van der Waals surface area contributed by atoms with Crippen LogP contribution in [0.2, 0.25) is 0 Å². The summed E-state index contributed by atoms with van der Waals surface area (Å²) in [6, 6.07) is 8.85. The van der Waals surface area contributed by atoms with Gasteiger partial charge >= 0.3 is 0 Å². The zero-order valence-electron chi connectivity index (χ0n) is 13.7. The van der Waals surface area contributed by atoms with E-state index in [-0.39, 0.29) is 0 Å². The van der Waals surface area contributed by atoms with Gasteiger partial charge in [0.25, 0.3) is 0 Å². The zero-order valence-corrected chi connectivity index (χ0v) is 13.7. The monoisotopic (exact) mass is 301 g/mol. The fourth-order valence-electron chi connectivity index (χ4n) is 3.32. The summed E-state index contributed by atoms with van der Waals surface area (Å²) < 4.78 is 5.79. The van der Waals surface area contributed by atoms with E-state index in [0.717, 1.165) is 38.3 Å². The number of hydrogen-bond acceptors (Lipinski definition) is 4. The molecule has 0 saturated carbocycles. The fourth-order valence-corrected chi connectivity index (χ4v) is 3.32. The lowest BCUT2D eigenvalue weighted by molar-refractivity contribution is 0.272. The number of hydrogen-bond donors (Lipinski definition) is 1. The van der Waals surface area contributed by atoms with Gasteiger partial charge in [-0.25, -0.2) is 0 Å². The Kier molecular flexibility index (Phi) is 4.98. The predicted molar refractivity (Wildman–Crippen MR) is 90.4 cm³/mol. The van der Waals surface area contributed by atoms with Crippen molar-refractivity contribution in [1.82, 2.24) is 10.3 Å². The van der Waals surface area contributed by atoms with Crippen molar-refractivity contribution in [1.29, 1.82) is 0 Å². The minimum Gasteiger partial charge on any atom is -0.494 e. The van der Waals surface area contributed by atoms with Crippen LogP contribution in [0.5, 0.6) is 5.75 Å². The Bertz CT molecular complexity index is 512. The second-order valence-electron chi connectivity index (χ2n) is 6.45. The van der Waals surface area contributed by atoms with E-state index in [1.807, 2.05) is 0 Å². The summed E-state index contributed by atoms with van der Waals surface area (Å²) in [4.78, 5) is 2.40. The van der Waals surface area contributed by atoms with Crippen LogP contribution in [0.15, 0.2) is 29.4 Å². The highest BCUT2D eigenvalue weighted by Gasteiger charge is 2.35. The van der Waals surface area contributed by atoms with Crippen LogP contribution < -0.4 is 10.2 Å². The first-order valence-corrected chi connectivity index (χ1v) is 8.51. The van der Waals surface area contributed by atoms with Gasteiger partial charge in [-0.2, -0.15) is 5.10 Å². The van der Waals surface area contributed by atoms with Crippen molar-refractivity contribution in [3.63, 3.8) is 0 Å². The Balaban J connectivity index is 1.59. The van der Waals surface area contributed by atoms with Crippen LogP contribution in [-0.4, -0.2) is 37.4 Å². The standard InChI is InChI=1S/C18H27N3O/c1-3-4-5-12-22-15-8-6-14(7-9-15)18-16-13-21(2)11-10-17(16)19-20-18/h6-9,16,18,20H,3-5,10-13H2,1-2H3. The van der Waals surface area contributed by atoms with Crippen LogP contribution in [-0.2, 0) is 0 Å². The highest BCUT2D eigenvalue weighted by Crippen LogP contribution is 2.32. The van der Waals surface area contributed by atoms with Gasteiger partial charge in [-0.3, -0.25) is 0 Å². The second-order valence-corrected chi connectivity index (χ2v) is 6.45. The molecule has 22 heavy (non-hydrogen) atoms. The van der Waals surface area contributed by atoms with Crippen LogP contribution in [0.3, 0.4) is 0 Å². The van der Waals surface area contributed by atoms with Gasteiger partial charge < -0.3 is 15.1 Å². The molecule has 2 aliphatic heterocycles. The second kappa shape index (κ2) is 7.14. The Morgan fingerprint density at radius 3 is 2.86 bits per heavy atom. The van der Waals surface area contributed by atoms with Gasteiger partial charge in [0.15, 0.2) is 0 Å². The molecule has 2 atom stereocenters. The van der Waals surface area contributed by atoms with Crippen LogP contribution in [0.25, 0.3) is 0 Å². The van der Waals surface area contributed by atoms with E-state index in [2.05, 4.69) is 53.7 Å². The molecule has 4 heteroatoms. The summed E-state index contributed by atoms with van der Waals surface area (Å²) in [7, 11) is 2.19. The first-order chi connectivity index (χ1) is 10.8. The van der Waals surface area contributed by atoms with Crippen LogP contribution in [0.4, 0.5) is 0 Å². The lowest BCUT2D eigenvalue weighted by atomic mass is 9.86. The normalized spacial score (nSPS) is 24.5. The number of piperidine rings is 1. The lowest BCUT2D eigenvalue weighted by Gasteiger charge is -2.30. The van der Waals surface area contributed by atoms with Gasteiger partial charge in [-0.05, 0) is 31.2 Å². The number of fused-ring (bicyclic) bond motifs is 1. The van der Waals surface area contributed by atoms with E-state index in [9.17, 15) is 0 Å². The quantitative estimate of drug-likeness (QED) is 0.820. The van der Waals surface area contributed by atoms with Crippen LogP contribution in [0.1, 0.15) is 44.2 Å². The predicted octanol–water partition coefficient (Wildman–Crippen LogP) is 3.21. The molecular formula is C18H27N3O. The Morgan fingerprint density at radius 2 is 2.09 bits per heavy atom. The topological polar surface area (TPSA) is 36.9 Å². The summed E-state index contributed by atoms with van der Waals surface area (Å²) in [5.74, 6) is 1.48. The lowest BCUT2D eigenvalue weighted by Crippen LogP contribution is -2.39. The molecule has 3 rings (SSSR count). The highest BCUT2D eigenvalue weighted by molar-refractivity contribution is 5.89. The molecule has 120 valence electrons. The van der Waals surface area contributed by atoms with Gasteiger partial charge in [0.05, 0.1) is 12.6 Å². The number of rotatable bonds is 6. The van der Waals surface area contributed by atoms with Crippen molar-refractivity contribution in [2.45, 2.75) is 38.6 Å². The van der Waals surface area contributed by atoms with E-state index < -0.39 is 0 Å². The van der Waals surface area contributed by atoms with Crippen molar-refractivity contribution < 1.29 is 4.74 Å². The molecule has 0 aromatic heterocycles. The Hall–Kier alpha value is -1.55. The molecule has 0 spiro atoms. The first kappa shape index (κ1) is 15.3. The number of hydrazone groups is 1. The molecule has 1 N–H and O–H groups in total. The first-order valence-electron chi connectivity index (χ1n) is 8.51. The Morgan fingerprint density at radius 1 is 1.27 bits per heavy atom. The maximum Gasteiger partial charge on any atom is 0.119 e. The molecule has 0 radical (unpaired) electrons. The van der Waals surface area contributed by atoms with Crippen molar-refractivity contribution in [2.75, 3.05) is 26.7 Å². The maximum absolute atomic E-state index is 5.79. The molecule has 0 aliphatic carbocycles. The molecule has 1 aromatic rings. The maximum atomic E-state index is 5.79. The SMILES string of the molecule is CCCCCOc1ccc(C2NN=C3CCN(C)CC32)cc1. The number of nitrogens with one attached hydrogen (secondary N) is 1. The fraction of sp³-hybridized carbons (Fsp3) is 0.611. The smallest absolute Gasteiger partial charge is 0.119 e. The molecular weight excluding hydrogens is 274 g/mol. The van der Waals surface area contributed by atoms with Gasteiger partial charge in [-0.1, -0.05) is 31.9 Å². The molecule has 0 amide bonds. The molecule has 1 saturated heterocycles. The zero-order chi connectivity index (χ0) is 15.4. The molecule has 2 unspecified atom stereocenters. The number of unbranched alkanes of at least 4 members (excludes halogenated alkanes) is 2. The summed E-state index contributed by atoms with van der Waals surface area (Å²) >= 11 is 0. The third-order valence-electron chi connectivity index (χ3n) is 4.69. The number of likely N-dealkylation sites (tertiary alicyclic amines) is 1. The van der Waals surface area contributed by atoms with E-state index in [0.29, 0.717) is 12.0 Å².